The number of fused-ring (bicyclic) bond motifs is 1. The quantitative estimate of drug-likeness (QED) is 0.716. The van der Waals surface area contributed by atoms with Crippen molar-refractivity contribution in [3.63, 3.8) is 0 Å². The first-order valence-corrected chi connectivity index (χ1v) is 6.56. The lowest BCUT2D eigenvalue weighted by Crippen LogP contribution is -2.09. The molecule has 0 aliphatic carbocycles. The molecule has 2 heterocycles. The number of nitrogens with zero attached hydrogens (tertiary/aromatic N) is 3. The molecule has 0 spiro atoms. The molecule has 20 heavy (non-hydrogen) atoms. The van der Waals surface area contributed by atoms with Crippen molar-refractivity contribution in [2.24, 2.45) is 0 Å². The molecule has 0 amide bonds. The summed E-state index contributed by atoms with van der Waals surface area (Å²) in [6.07, 6.45) is 3.59. The van der Waals surface area contributed by atoms with Gasteiger partial charge in [-0.05, 0) is 37.6 Å². The molecule has 0 radical (unpaired) electrons. The van der Waals surface area contributed by atoms with E-state index in [1.807, 2.05) is 41.9 Å². The van der Waals surface area contributed by atoms with E-state index in [9.17, 15) is 0 Å². The minimum Gasteiger partial charge on any atom is -0.399 e. The van der Waals surface area contributed by atoms with Crippen LogP contribution in [-0.2, 0) is 0 Å². The third-order valence-electron chi connectivity index (χ3n) is 3.28. The SMILES string of the molecule is Cc1cc2c(NC(C)c3cccc(N)c3)nccn2n1. The Hall–Kier alpha value is -2.56. The molecule has 0 bridgehead atoms. The number of hydrogen-bond acceptors (Lipinski definition) is 4. The standard InChI is InChI=1S/C15H17N5/c1-10-8-14-15(17-6-7-20(14)19-10)18-11(2)12-4-3-5-13(16)9-12/h3-9,11H,16H2,1-2H3,(H,17,18). The maximum Gasteiger partial charge on any atom is 0.152 e. The van der Waals surface area contributed by atoms with Crippen molar-refractivity contribution in [1.82, 2.24) is 14.6 Å². The Balaban J connectivity index is 1.93. The number of nitrogen functional groups attached to an aromatic ring is 1. The molecule has 1 aromatic carbocycles. The van der Waals surface area contributed by atoms with Gasteiger partial charge in [0.15, 0.2) is 5.82 Å². The van der Waals surface area contributed by atoms with Gasteiger partial charge in [-0.25, -0.2) is 9.50 Å². The van der Waals surface area contributed by atoms with Gasteiger partial charge in [-0.3, -0.25) is 0 Å². The van der Waals surface area contributed by atoms with E-state index in [0.29, 0.717) is 0 Å². The molecule has 0 saturated carbocycles. The van der Waals surface area contributed by atoms with Crippen LogP contribution in [0.25, 0.3) is 5.52 Å². The lowest BCUT2D eigenvalue weighted by Gasteiger charge is -2.15. The second-order valence-corrected chi connectivity index (χ2v) is 4.93. The van der Waals surface area contributed by atoms with Crippen molar-refractivity contribution in [1.29, 1.82) is 0 Å². The smallest absolute Gasteiger partial charge is 0.152 e. The lowest BCUT2D eigenvalue weighted by atomic mass is 10.1. The van der Waals surface area contributed by atoms with Crippen LogP contribution in [0, 0.1) is 6.92 Å². The molecule has 0 fully saturated rings. The molecule has 5 heteroatoms. The monoisotopic (exact) mass is 267 g/mol. The predicted molar refractivity (Wildman–Crippen MR) is 80.6 cm³/mol. The van der Waals surface area contributed by atoms with E-state index in [4.69, 9.17) is 5.73 Å². The van der Waals surface area contributed by atoms with Gasteiger partial charge in [0.1, 0.15) is 5.52 Å². The third kappa shape index (κ3) is 2.30. The molecule has 5 nitrogen and oxygen atoms in total. The Morgan fingerprint density at radius 1 is 1.30 bits per heavy atom. The highest BCUT2D eigenvalue weighted by Crippen LogP contribution is 2.22. The summed E-state index contributed by atoms with van der Waals surface area (Å²) in [7, 11) is 0. The largest absolute Gasteiger partial charge is 0.399 e. The van der Waals surface area contributed by atoms with Crippen molar-refractivity contribution < 1.29 is 0 Å². The van der Waals surface area contributed by atoms with Crippen molar-refractivity contribution in [2.45, 2.75) is 19.9 Å². The van der Waals surface area contributed by atoms with E-state index in [2.05, 4.69) is 28.4 Å². The molecule has 102 valence electrons. The molecule has 1 atom stereocenters. The zero-order valence-corrected chi connectivity index (χ0v) is 11.5. The zero-order valence-electron chi connectivity index (χ0n) is 11.5. The summed E-state index contributed by atoms with van der Waals surface area (Å²) < 4.78 is 1.83. The molecule has 2 aromatic heterocycles. The van der Waals surface area contributed by atoms with E-state index in [1.165, 1.54) is 0 Å². The highest BCUT2D eigenvalue weighted by Gasteiger charge is 2.10. The predicted octanol–water partition coefficient (Wildman–Crippen LogP) is 2.79. The Morgan fingerprint density at radius 2 is 2.15 bits per heavy atom. The normalized spacial score (nSPS) is 12.5. The van der Waals surface area contributed by atoms with Crippen LogP contribution in [0.3, 0.4) is 0 Å². The number of anilines is 2. The Kier molecular flexibility index (Phi) is 3.02. The molecule has 0 aliphatic rings. The average molecular weight is 267 g/mol. The van der Waals surface area contributed by atoms with Gasteiger partial charge in [-0.2, -0.15) is 5.10 Å². The van der Waals surface area contributed by atoms with Gasteiger partial charge >= 0.3 is 0 Å². The first-order valence-electron chi connectivity index (χ1n) is 6.56. The van der Waals surface area contributed by atoms with Crippen molar-refractivity contribution in [2.75, 3.05) is 11.1 Å². The second-order valence-electron chi connectivity index (χ2n) is 4.93. The summed E-state index contributed by atoms with van der Waals surface area (Å²) in [5.41, 5.74) is 9.66. The zero-order chi connectivity index (χ0) is 14.1. The molecule has 1 unspecified atom stereocenters. The van der Waals surface area contributed by atoms with Crippen molar-refractivity contribution >= 4 is 17.0 Å². The van der Waals surface area contributed by atoms with Crippen LogP contribution in [0.15, 0.2) is 42.7 Å². The van der Waals surface area contributed by atoms with Gasteiger partial charge < -0.3 is 11.1 Å². The highest BCUT2D eigenvalue weighted by atomic mass is 15.2. The first kappa shape index (κ1) is 12.5. The van der Waals surface area contributed by atoms with Gasteiger partial charge in [0.2, 0.25) is 0 Å². The van der Waals surface area contributed by atoms with Crippen LogP contribution in [0.1, 0.15) is 24.2 Å². The maximum atomic E-state index is 5.83. The first-order chi connectivity index (χ1) is 9.63. The van der Waals surface area contributed by atoms with E-state index < -0.39 is 0 Å². The summed E-state index contributed by atoms with van der Waals surface area (Å²) in [6.45, 7) is 4.06. The molecule has 3 aromatic rings. The second kappa shape index (κ2) is 4.85. The summed E-state index contributed by atoms with van der Waals surface area (Å²) in [4.78, 5) is 4.40. The van der Waals surface area contributed by atoms with E-state index >= 15 is 0 Å². The van der Waals surface area contributed by atoms with Gasteiger partial charge in [-0.1, -0.05) is 12.1 Å². The average Bonchev–Trinajstić information content (AvgIpc) is 2.80. The Morgan fingerprint density at radius 3 is 2.95 bits per heavy atom. The molecule has 3 rings (SSSR count). The van der Waals surface area contributed by atoms with Gasteiger partial charge in [-0.15, -0.1) is 0 Å². The van der Waals surface area contributed by atoms with E-state index in [1.54, 1.807) is 6.20 Å². The fraction of sp³-hybridized carbons (Fsp3) is 0.200. The Labute approximate surface area is 117 Å². The van der Waals surface area contributed by atoms with E-state index in [-0.39, 0.29) is 6.04 Å². The van der Waals surface area contributed by atoms with Crippen molar-refractivity contribution in [3.05, 3.63) is 54.0 Å². The minimum absolute atomic E-state index is 0.118. The molecule has 3 N–H and O–H groups in total. The fourth-order valence-corrected chi connectivity index (χ4v) is 2.27. The minimum atomic E-state index is 0.118. The van der Waals surface area contributed by atoms with Crippen LogP contribution in [0.5, 0.6) is 0 Å². The van der Waals surface area contributed by atoms with Crippen LogP contribution in [-0.4, -0.2) is 14.6 Å². The van der Waals surface area contributed by atoms with Crippen LogP contribution in [0.4, 0.5) is 11.5 Å². The van der Waals surface area contributed by atoms with Crippen LogP contribution in [0.2, 0.25) is 0 Å². The highest BCUT2D eigenvalue weighted by molar-refractivity contribution is 5.68. The number of aryl methyl sites for hydroxylation is 1. The molecule has 0 aliphatic heterocycles. The number of aromatic nitrogens is 3. The molecule has 0 saturated heterocycles. The van der Waals surface area contributed by atoms with Gasteiger partial charge in [0.05, 0.1) is 11.7 Å². The number of rotatable bonds is 3. The van der Waals surface area contributed by atoms with E-state index in [0.717, 1.165) is 28.3 Å². The van der Waals surface area contributed by atoms with Gasteiger partial charge in [0, 0.05) is 18.1 Å². The number of nitrogens with two attached hydrogens (primary N) is 1. The fourth-order valence-electron chi connectivity index (χ4n) is 2.27. The topological polar surface area (TPSA) is 68.2 Å². The van der Waals surface area contributed by atoms with Crippen molar-refractivity contribution in [3.8, 4) is 0 Å². The molecular formula is C15H17N5. The number of hydrogen-bond donors (Lipinski definition) is 2. The summed E-state index contributed by atoms with van der Waals surface area (Å²) in [5, 5.41) is 7.80. The molecular weight excluding hydrogens is 250 g/mol. The van der Waals surface area contributed by atoms with Crippen LogP contribution < -0.4 is 11.1 Å². The summed E-state index contributed by atoms with van der Waals surface area (Å²) in [6, 6.07) is 10.00. The lowest BCUT2D eigenvalue weighted by molar-refractivity contribution is 0.865. The summed E-state index contributed by atoms with van der Waals surface area (Å²) in [5.74, 6) is 0.822. The van der Waals surface area contributed by atoms with Crippen LogP contribution >= 0.6 is 0 Å². The number of benzene rings is 1. The summed E-state index contributed by atoms with van der Waals surface area (Å²) >= 11 is 0. The third-order valence-corrected chi connectivity index (χ3v) is 3.28. The van der Waals surface area contributed by atoms with Gasteiger partial charge in [0.25, 0.3) is 0 Å². The Bertz CT molecular complexity index is 747. The maximum absolute atomic E-state index is 5.83. The number of nitrogens with one attached hydrogen (secondary N) is 1.